The number of aryl methyl sites for hydroxylation is 1. The fraction of sp³-hybridized carbons (Fsp3) is 0.706. The van der Waals surface area contributed by atoms with Gasteiger partial charge in [0.15, 0.2) is 0 Å². The summed E-state index contributed by atoms with van der Waals surface area (Å²) < 4.78 is 5.74. The van der Waals surface area contributed by atoms with Gasteiger partial charge in [0.05, 0.1) is 6.10 Å². The van der Waals surface area contributed by atoms with E-state index in [1.807, 2.05) is 6.20 Å². The number of nitrogens with one attached hydrogen (secondary N) is 1. The predicted molar refractivity (Wildman–Crippen MR) is 82.9 cm³/mol. The van der Waals surface area contributed by atoms with Gasteiger partial charge in [0.2, 0.25) is 0 Å². The molecule has 1 aromatic rings. The van der Waals surface area contributed by atoms with Crippen LogP contribution in [0.15, 0.2) is 18.3 Å². The Morgan fingerprint density at radius 3 is 2.80 bits per heavy atom. The minimum atomic E-state index is 0.360. The van der Waals surface area contributed by atoms with Gasteiger partial charge < -0.3 is 10.1 Å². The van der Waals surface area contributed by atoms with Crippen molar-refractivity contribution < 1.29 is 4.74 Å². The van der Waals surface area contributed by atoms with Crippen molar-refractivity contribution >= 4 is 0 Å². The Labute approximate surface area is 123 Å². The van der Waals surface area contributed by atoms with Gasteiger partial charge in [-0.05, 0) is 44.4 Å². The molecule has 0 radical (unpaired) electrons. The van der Waals surface area contributed by atoms with Crippen LogP contribution in [0.5, 0.6) is 0 Å². The second kappa shape index (κ2) is 7.75. The Balaban J connectivity index is 2.01. The van der Waals surface area contributed by atoms with Gasteiger partial charge in [0.1, 0.15) is 0 Å². The van der Waals surface area contributed by atoms with Crippen LogP contribution in [-0.2, 0) is 17.6 Å². The Morgan fingerprint density at radius 2 is 2.25 bits per heavy atom. The van der Waals surface area contributed by atoms with E-state index in [0.717, 1.165) is 32.4 Å². The molecular formula is C17H28N2O. The number of pyridine rings is 1. The topological polar surface area (TPSA) is 34.2 Å². The Bertz CT molecular complexity index is 390. The number of rotatable bonds is 7. The van der Waals surface area contributed by atoms with Crippen LogP contribution in [0.3, 0.4) is 0 Å². The summed E-state index contributed by atoms with van der Waals surface area (Å²) in [6.45, 7) is 8.55. The van der Waals surface area contributed by atoms with Crippen molar-refractivity contribution in [3.05, 3.63) is 29.6 Å². The fourth-order valence-corrected chi connectivity index (χ4v) is 2.99. The zero-order valence-corrected chi connectivity index (χ0v) is 13.1. The maximum Gasteiger partial charge on any atom is 0.0590 e. The number of aromatic nitrogens is 1. The van der Waals surface area contributed by atoms with Crippen molar-refractivity contribution in [2.24, 2.45) is 5.92 Å². The van der Waals surface area contributed by atoms with E-state index in [1.165, 1.54) is 17.7 Å². The van der Waals surface area contributed by atoms with Crippen LogP contribution in [0.4, 0.5) is 0 Å². The molecule has 0 aromatic carbocycles. The van der Waals surface area contributed by atoms with Crippen molar-refractivity contribution in [3.63, 3.8) is 0 Å². The van der Waals surface area contributed by atoms with E-state index in [9.17, 15) is 0 Å². The molecule has 3 nitrogen and oxygen atoms in total. The highest BCUT2D eigenvalue weighted by molar-refractivity contribution is 5.15. The van der Waals surface area contributed by atoms with Crippen LogP contribution in [-0.4, -0.2) is 30.3 Å². The molecule has 1 N–H and O–H groups in total. The zero-order chi connectivity index (χ0) is 14.4. The first-order chi connectivity index (χ1) is 9.74. The summed E-state index contributed by atoms with van der Waals surface area (Å²) in [5.74, 6) is 0.606. The molecule has 0 spiro atoms. The maximum absolute atomic E-state index is 5.74. The van der Waals surface area contributed by atoms with E-state index in [4.69, 9.17) is 4.74 Å². The van der Waals surface area contributed by atoms with E-state index in [2.05, 4.69) is 43.2 Å². The van der Waals surface area contributed by atoms with Crippen LogP contribution in [0.25, 0.3) is 0 Å². The fourth-order valence-electron chi connectivity index (χ4n) is 2.99. The van der Waals surface area contributed by atoms with Crippen molar-refractivity contribution in [3.8, 4) is 0 Å². The molecule has 112 valence electrons. The molecule has 1 aromatic heterocycles. The van der Waals surface area contributed by atoms with Crippen LogP contribution in [0.2, 0.25) is 0 Å². The molecule has 0 bridgehead atoms. The van der Waals surface area contributed by atoms with Crippen LogP contribution >= 0.6 is 0 Å². The summed E-state index contributed by atoms with van der Waals surface area (Å²) in [6.07, 6.45) is 6.76. The van der Waals surface area contributed by atoms with Crippen molar-refractivity contribution in [2.75, 3.05) is 13.2 Å². The lowest BCUT2D eigenvalue weighted by Gasteiger charge is -2.26. The Kier molecular flexibility index (Phi) is 5.99. The molecule has 3 atom stereocenters. The van der Waals surface area contributed by atoms with Gasteiger partial charge in [0.25, 0.3) is 0 Å². The lowest BCUT2D eigenvalue weighted by atomic mass is 9.90. The van der Waals surface area contributed by atoms with Gasteiger partial charge in [-0.2, -0.15) is 0 Å². The molecule has 1 saturated heterocycles. The highest BCUT2D eigenvalue weighted by atomic mass is 16.5. The van der Waals surface area contributed by atoms with Gasteiger partial charge in [-0.15, -0.1) is 0 Å². The summed E-state index contributed by atoms with van der Waals surface area (Å²) in [7, 11) is 0. The monoisotopic (exact) mass is 276 g/mol. The lowest BCUT2D eigenvalue weighted by Crippen LogP contribution is -2.41. The summed E-state index contributed by atoms with van der Waals surface area (Å²) in [6, 6.07) is 4.86. The summed E-state index contributed by atoms with van der Waals surface area (Å²) >= 11 is 0. The van der Waals surface area contributed by atoms with E-state index < -0.39 is 0 Å². The van der Waals surface area contributed by atoms with Crippen molar-refractivity contribution in [2.45, 2.75) is 58.6 Å². The maximum atomic E-state index is 5.74. The third-order valence-corrected chi connectivity index (χ3v) is 4.33. The molecule has 2 heterocycles. The summed E-state index contributed by atoms with van der Waals surface area (Å²) in [5, 5.41) is 3.70. The highest BCUT2D eigenvalue weighted by Gasteiger charge is 2.31. The van der Waals surface area contributed by atoms with E-state index in [1.54, 1.807) is 0 Å². The van der Waals surface area contributed by atoms with Gasteiger partial charge in [0, 0.05) is 36.9 Å². The first-order valence-corrected chi connectivity index (χ1v) is 8.03. The number of hydrogen-bond donors (Lipinski definition) is 1. The molecule has 0 amide bonds. The van der Waals surface area contributed by atoms with Crippen LogP contribution < -0.4 is 5.32 Å². The first-order valence-electron chi connectivity index (χ1n) is 8.03. The summed E-state index contributed by atoms with van der Waals surface area (Å²) in [5.41, 5.74) is 2.50. The van der Waals surface area contributed by atoms with Gasteiger partial charge in [-0.1, -0.05) is 19.9 Å². The average molecular weight is 276 g/mol. The molecular weight excluding hydrogens is 248 g/mol. The van der Waals surface area contributed by atoms with E-state index in [-0.39, 0.29) is 0 Å². The van der Waals surface area contributed by atoms with Crippen molar-refractivity contribution in [1.82, 2.24) is 10.3 Å². The number of ether oxygens (including phenoxy) is 1. The molecule has 1 aliphatic heterocycles. The average Bonchev–Trinajstić information content (AvgIpc) is 2.90. The molecule has 0 aliphatic carbocycles. The molecule has 2 rings (SSSR count). The third kappa shape index (κ3) is 4.03. The Morgan fingerprint density at radius 1 is 1.40 bits per heavy atom. The predicted octanol–water partition coefficient (Wildman–Crippen LogP) is 2.98. The van der Waals surface area contributed by atoms with E-state index >= 15 is 0 Å². The molecule has 0 saturated carbocycles. The zero-order valence-electron chi connectivity index (χ0n) is 13.1. The number of hydrogen-bond acceptors (Lipinski definition) is 3. The first kappa shape index (κ1) is 15.5. The quantitative estimate of drug-likeness (QED) is 0.831. The van der Waals surface area contributed by atoms with Gasteiger partial charge >= 0.3 is 0 Å². The molecule has 1 aliphatic rings. The normalized spacial score (nSPS) is 23.9. The minimum absolute atomic E-state index is 0.360. The van der Waals surface area contributed by atoms with Crippen LogP contribution in [0, 0.1) is 5.92 Å². The third-order valence-electron chi connectivity index (χ3n) is 4.33. The highest BCUT2D eigenvalue weighted by Crippen LogP contribution is 2.25. The SMILES string of the molecule is CCCNC(Cc1ccc(CC)cn1)C1CCOC1C. The minimum Gasteiger partial charge on any atom is -0.378 e. The van der Waals surface area contributed by atoms with Gasteiger partial charge in [-0.3, -0.25) is 4.98 Å². The lowest BCUT2D eigenvalue weighted by molar-refractivity contribution is 0.0953. The molecule has 3 unspecified atom stereocenters. The molecule has 1 fully saturated rings. The second-order valence-electron chi connectivity index (χ2n) is 5.80. The van der Waals surface area contributed by atoms with Gasteiger partial charge in [-0.25, -0.2) is 0 Å². The largest absolute Gasteiger partial charge is 0.378 e. The summed E-state index contributed by atoms with van der Waals surface area (Å²) in [4.78, 5) is 4.61. The second-order valence-corrected chi connectivity index (χ2v) is 5.80. The number of nitrogens with zero attached hydrogens (tertiary/aromatic N) is 1. The molecule has 3 heteroatoms. The van der Waals surface area contributed by atoms with Crippen LogP contribution in [0.1, 0.15) is 44.9 Å². The van der Waals surface area contributed by atoms with E-state index in [0.29, 0.717) is 18.1 Å². The molecule has 20 heavy (non-hydrogen) atoms. The standard InChI is InChI=1S/C17H28N2O/c1-4-9-18-17(16-8-10-20-13(16)3)11-15-7-6-14(5-2)12-19-15/h6-7,12-13,16-18H,4-5,8-11H2,1-3H3. The Hall–Kier alpha value is -0.930. The smallest absolute Gasteiger partial charge is 0.0590 e. The van der Waals surface area contributed by atoms with Crippen molar-refractivity contribution in [1.29, 1.82) is 0 Å².